The van der Waals surface area contributed by atoms with Crippen molar-refractivity contribution in [2.75, 3.05) is 18.8 Å². The Balaban J connectivity index is 1.56. The lowest BCUT2D eigenvalue weighted by Crippen LogP contribution is -2.27. The third kappa shape index (κ3) is 4.80. The highest BCUT2D eigenvalue weighted by Gasteiger charge is 2.21. The molecule has 1 fully saturated rings. The average molecular weight is 482 g/mol. The van der Waals surface area contributed by atoms with Crippen LogP contribution >= 0.6 is 32.6 Å². The van der Waals surface area contributed by atoms with Crippen molar-refractivity contribution in [3.63, 3.8) is 0 Å². The topological polar surface area (TPSA) is 69.2 Å². The number of halogens is 3. The zero-order valence-electron chi connectivity index (χ0n) is 16.9. The monoisotopic (exact) mass is 481 g/mol. The van der Waals surface area contributed by atoms with Gasteiger partial charge in [0.1, 0.15) is 11.9 Å². The predicted octanol–water partition coefficient (Wildman–Crippen LogP) is 5.54. The van der Waals surface area contributed by atoms with Crippen molar-refractivity contribution in [3.8, 4) is 16.9 Å². The highest BCUT2D eigenvalue weighted by Crippen LogP contribution is 2.37. The fraction of sp³-hybridized carbons (Fsp3) is 0.333. The van der Waals surface area contributed by atoms with Gasteiger partial charge in [-0.05, 0) is 38.0 Å². The molecule has 6 nitrogen and oxygen atoms in total. The summed E-state index contributed by atoms with van der Waals surface area (Å²) in [5.74, 6) is 0.0289. The van der Waals surface area contributed by atoms with Crippen LogP contribution in [0.1, 0.15) is 37.5 Å². The number of nitrogens with zero attached hydrogens (tertiary/aromatic N) is 4. The van der Waals surface area contributed by atoms with Gasteiger partial charge in [-0.1, -0.05) is 32.6 Å². The van der Waals surface area contributed by atoms with Crippen LogP contribution in [0.3, 0.4) is 0 Å². The van der Waals surface area contributed by atoms with E-state index >= 15 is 0 Å². The fourth-order valence-corrected chi connectivity index (χ4v) is 4.69. The number of nitrogens with two attached hydrogens (primary N) is 1. The standard InChI is InChI=1S/C21H23Cl2FN5OP/c1-12(19-16(22)2-3-17(24)20(19)23)30-18-8-13(9-26-21(18)25)14-10-27-29(11-14)15-4-6-28(31)7-5-15/h2-3,8-12,15H,4-7,31H2,1H3,(H2,25,26). The smallest absolute Gasteiger partial charge is 0.166 e. The second-order valence-electron chi connectivity index (χ2n) is 7.60. The molecule has 1 aromatic carbocycles. The molecule has 1 aliphatic heterocycles. The van der Waals surface area contributed by atoms with E-state index in [1.54, 1.807) is 19.2 Å². The van der Waals surface area contributed by atoms with Crippen LogP contribution in [-0.2, 0) is 0 Å². The number of nitrogen functional groups attached to an aromatic ring is 1. The molecule has 164 valence electrons. The Bertz CT molecular complexity index is 1090. The highest BCUT2D eigenvalue weighted by atomic mass is 35.5. The molecule has 1 saturated heterocycles. The van der Waals surface area contributed by atoms with E-state index in [1.807, 2.05) is 17.1 Å². The zero-order valence-corrected chi connectivity index (χ0v) is 19.6. The van der Waals surface area contributed by atoms with Crippen molar-refractivity contribution >= 4 is 38.4 Å². The largest absolute Gasteiger partial charge is 0.482 e. The van der Waals surface area contributed by atoms with Gasteiger partial charge in [-0.15, -0.1) is 0 Å². The van der Waals surface area contributed by atoms with E-state index in [4.69, 9.17) is 33.7 Å². The number of rotatable bonds is 5. The Morgan fingerprint density at radius 3 is 2.71 bits per heavy atom. The Kier molecular flexibility index (Phi) is 6.68. The number of hydrogen-bond acceptors (Lipinski definition) is 5. The van der Waals surface area contributed by atoms with E-state index in [1.165, 1.54) is 12.1 Å². The zero-order chi connectivity index (χ0) is 22.1. The minimum Gasteiger partial charge on any atom is -0.482 e. The van der Waals surface area contributed by atoms with Crippen LogP contribution in [0.15, 0.2) is 36.8 Å². The molecule has 10 heteroatoms. The first-order valence-electron chi connectivity index (χ1n) is 9.93. The summed E-state index contributed by atoms with van der Waals surface area (Å²) in [6.07, 6.45) is 6.98. The van der Waals surface area contributed by atoms with E-state index in [-0.39, 0.29) is 10.8 Å². The van der Waals surface area contributed by atoms with E-state index in [2.05, 4.69) is 24.1 Å². The summed E-state index contributed by atoms with van der Waals surface area (Å²) < 4.78 is 24.1. The molecule has 2 atom stereocenters. The van der Waals surface area contributed by atoms with Crippen molar-refractivity contribution in [2.24, 2.45) is 0 Å². The Morgan fingerprint density at radius 2 is 1.97 bits per heavy atom. The summed E-state index contributed by atoms with van der Waals surface area (Å²) in [5, 5.41) is 4.80. The maximum atomic E-state index is 13.9. The van der Waals surface area contributed by atoms with Crippen molar-refractivity contribution in [2.45, 2.75) is 31.9 Å². The van der Waals surface area contributed by atoms with E-state index in [0.29, 0.717) is 22.4 Å². The van der Waals surface area contributed by atoms with Crippen molar-refractivity contribution < 1.29 is 9.13 Å². The quantitative estimate of drug-likeness (QED) is 0.382. The van der Waals surface area contributed by atoms with E-state index < -0.39 is 11.9 Å². The first-order valence-corrected chi connectivity index (χ1v) is 11.2. The van der Waals surface area contributed by atoms with Crippen LogP contribution in [0.2, 0.25) is 10.0 Å². The van der Waals surface area contributed by atoms with Gasteiger partial charge in [-0.3, -0.25) is 9.35 Å². The third-order valence-corrected chi connectivity index (χ3v) is 6.71. The van der Waals surface area contributed by atoms with Gasteiger partial charge in [-0.25, -0.2) is 9.37 Å². The van der Waals surface area contributed by atoms with Crippen LogP contribution in [-0.4, -0.2) is 32.5 Å². The fourth-order valence-electron chi connectivity index (χ4n) is 3.71. The average Bonchev–Trinajstić information content (AvgIpc) is 3.23. The lowest BCUT2D eigenvalue weighted by Gasteiger charge is -2.28. The molecule has 0 saturated carbocycles. The molecule has 0 aliphatic carbocycles. The second-order valence-corrected chi connectivity index (χ2v) is 9.12. The molecular formula is C21H23Cl2FN5OP. The van der Waals surface area contributed by atoms with Gasteiger partial charge in [0.05, 0.1) is 17.3 Å². The lowest BCUT2D eigenvalue weighted by atomic mass is 10.1. The normalized spacial score (nSPS) is 16.4. The number of hydrogen-bond donors (Lipinski definition) is 1. The number of ether oxygens (including phenoxy) is 1. The number of anilines is 1. The minimum atomic E-state index is -0.630. The summed E-state index contributed by atoms with van der Waals surface area (Å²) in [5.41, 5.74) is 8.13. The molecule has 0 radical (unpaired) electrons. The molecule has 2 unspecified atom stereocenters. The summed E-state index contributed by atoms with van der Waals surface area (Å²) >= 11 is 12.3. The van der Waals surface area contributed by atoms with Crippen molar-refractivity contribution in [1.82, 2.24) is 19.4 Å². The lowest BCUT2D eigenvalue weighted by molar-refractivity contribution is 0.227. The summed E-state index contributed by atoms with van der Waals surface area (Å²) in [4.78, 5) is 4.26. The van der Waals surface area contributed by atoms with Gasteiger partial charge in [0.15, 0.2) is 11.6 Å². The van der Waals surface area contributed by atoms with Crippen LogP contribution in [0.5, 0.6) is 5.75 Å². The number of benzene rings is 1. The molecule has 3 aromatic rings. The molecular weight excluding hydrogens is 459 g/mol. The van der Waals surface area contributed by atoms with Crippen molar-refractivity contribution in [3.05, 3.63) is 58.2 Å². The van der Waals surface area contributed by atoms with Gasteiger partial charge in [0.2, 0.25) is 0 Å². The number of pyridine rings is 1. The Labute approximate surface area is 192 Å². The molecule has 2 N–H and O–H groups in total. The van der Waals surface area contributed by atoms with E-state index in [0.717, 1.165) is 37.1 Å². The summed E-state index contributed by atoms with van der Waals surface area (Å²) in [7, 11) is 2.75. The molecule has 31 heavy (non-hydrogen) atoms. The molecule has 4 rings (SSSR count). The van der Waals surface area contributed by atoms with Gasteiger partial charge < -0.3 is 10.5 Å². The molecule has 0 amide bonds. The molecule has 0 spiro atoms. The van der Waals surface area contributed by atoms with Crippen LogP contribution in [0.25, 0.3) is 11.1 Å². The Hall–Kier alpha value is -1.92. The summed E-state index contributed by atoms with van der Waals surface area (Å²) in [6.45, 7) is 3.78. The number of aromatic nitrogens is 3. The SMILES string of the molecule is CC(Oc1cc(-c2cnn(C3CCN(P)CC3)c2)cnc1N)c1c(Cl)ccc(F)c1Cl. The summed E-state index contributed by atoms with van der Waals surface area (Å²) in [6, 6.07) is 4.84. The van der Waals surface area contributed by atoms with Crippen molar-refractivity contribution in [1.29, 1.82) is 0 Å². The molecule has 3 heterocycles. The molecule has 2 aromatic heterocycles. The van der Waals surface area contributed by atoms with Crippen LogP contribution < -0.4 is 10.5 Å². The minimum absolute atomic E-state index is 0.0690. The maximum absolute atomic E-state index is 13.9. The Morgan fingerprint density at radius 1 is 1.23 bits per heavy atom. The predicted molar refractivity (Wildman–Crippen MR) is 125 cm³/mol. The molecule has 0 bridgehead atoms. The maximum Gasteiger partial charge on any atom is 0.166 e. The van der Waals surface area contributed by atoms with Crippen LogP contribution in [0.4, 0.5) is 10.2 Å². The van der Waals surface area contributed by atoms with Gasteiger partial charge in [0.25, 0.3) is 0 Å². The van der Waals surface area contributed by atoms with Gasteiger partial charge in [0, 0.05) is 47.2 Å². The van der Waals surface area contributed by atoms with Gasteiger partial charge in [-0.2, -0.15) is 5.10 Å². The first kappa shape index (κ1) is 22.3. The third-order valence-electron chi connectivity index (χ3n) is 5.48. The second kappa shape index (κ2) is 9.29. The number of piperidine rings is 1. The molecule has 1 aliphatic rings. The van der Waals surface area contributed by atoms with E-state index in [9.17, 15) is 4.39 Å². The van der Waals surface area contributed by atoms with Crippen LogP contribution in [0, 0.1) is 5.82 Å². The van der Waals surface area contributed by atoms with Gasteiger partial charge >= 0.3 is 0 Å². The highest BCUT2D eigenvalue weighted by molar-refractivity contribution is 7.13. The first-order chi connectivity index (χ1) is 14.8.